The summed E-state index contributed by atoms with van der Waals surface area (Å²) in [6, 6.07) is 0. The van der Waals surface area contributed by atoms with Crippen molar-refractivity contribution in [3.8, 4) is 0 Å². The summed E-state index contributed by atoms with van der Waals surface area (Å²) in [7, 11) is 1.39. The van der Waals surface area contributed by atoms with Crippen molar-refractivity contribution < 1.29 is 47.7 Å². The van der Waals surface area contributed by atoms with E-state index in [0.29, 0.717) is 12.8 Å². The lowest BCUT2D eigenvalue weighted by molar-refractivity contribution is -0.176. The molecule has 10 nitrogen and oxygen atoms in total. The summed E-state index contributed by atoms with van der Waals surface area (Å²) >= 11 is 3.60. The van der Waals surface area contributed by atoms with Gasteiger partial charge >= 0.3 is 23.9 Å². The number of aldehydes is 1. The van der Waals surface area contributed by atoms with E-state index >= 15 is 0 Å². The molecule has 0 aromatic carbocycles. The molecule has 0 aromatic rings. The van der Waals surface area contributed by atoms with E-state index in [1.807, 2.05) is 0 Å². The molecule has 5 aliphatic rings. The summed E-state index contributed by atoms with van der Waals surface area (Å²) in [5, 5.41) is 0. The zero-order valence-electron chi connectivity index (χ0n) is 20.5. The molecule has 0 N–H and O–H groups in total. The normalized spacial score (nSPS) is 47.4. The topological polar surface area (TPSA) is 132 Å². The average molecular weight is 569 g/mol. The Morgan fingerprint density at radius 1 is 1.22 bits per heavy atom. The maximum Gasteiger partial charge on any atom is 0.317 e. The van der Waals surface area contributed by atoms with Crippen LogP contribution in [0.3, 0.4) is 0 Å². The van der Waals surface area contributed by atoms with Crippen molar-refractivity contribution in [3.63, 3.8) is 0 Å². The Morgan fingerprint density at radius 2 is 1.94 bits per heavy atom. The SMILES string of the molecule is COCOC(=O)[C@H]1[C@H]2[C@@]3(C=C[C@H](OC(C)=O)[C@@]2(C)C(=O)O3)[C@@H]2CC[C@]3(OC(C)=O)C[C@@]21C[C@]3(Br)C=O. The van der Waals surface area contributed by atoms with E-state index in [-0.39, 0.29) is 25.6 Å². The largest absolute Gasteiger partial charge is 0.457 e. The first kappa shape index (κ1) is 25.4. The van der Waals surface area contributed by atoms with E-state index in [1.165, 1.54) is 21.0 Å². The minimum absolute atomic E-state index is 0.173. The van der Waals surface area contributed by atoms with E-state index in [0.717, 1.165) is 6.29 Å². The van der Waals surface area contributed by atoms with Gasteiger partial charge in [-0.15, -0.1) is 0 Å². The van der Waals surface area contributed by atoms with Gasteiger partial charge in [0.25, 0.3) is 0 Å². The summed E-state index contributed by atoms with van der Waals surface area (Å²) < 4.78 is 26.8. The van der Waals surface area contributed by atoms with Crippen molar-refractivity contribution in [2.75, 3.05) is 13.9 Å². The van der Waals surface area contributed by atoms with Crippen LogP contribution in [0, 0.1) is 28.6 Å². The molecule has 0 amide bonds. The predicted molar refractivity (Wildman–Crippen MR) is 123 cm³/mol. The Morgan fingerprint density at radius 3 is 2.56 bits per heavy atom. The Labute approximate surface area is 216 Å². The monoisotopic (exact) mass is 568 g/mol. The first-order chi connectivity index (χ1) is 16.9. The first-order valence-corrected chi connectivity index (χ1v) is 12.8. The van der Waals surface area contributed by atoms with Crippen LogP contribution >= 0.6 is 15.9 Å². The molecule has 0 radical (unpaired) electrons. The lowest BCUT2D eigenvalue weighted by atomic mass is 9.61. The first-order valence-electron chi connectivity index (χ1n) is 12.0. The number of esters is 4. The van der Waals surface area contributed by atoms with E-state index in [1.54, 1.807) is 19.1 Å². The van der Waals surface area contributed by atoms with E-state index in [4.69, 9.17) is 23.7 Å². The molecule has 36 heavy (non-hydrogen) atoms. The quantitative estimate of drug-likeness (QED) is 0.117. The summed E-state index contributed by atoms with van der Waals surface area (Å²) in [6.45, 7) is 3.90. The van der Waals surface area contributed by atoms with Gasteiger partial charge in [-0.25, -0.2) is 0 Å². The van der Waals surface area contributed by atoms with E-state index in [9.17, 15) is 24.0 Å². The van der Waals surface area contributed by atoms with Gasteiger partial charge in [-0.1, -0.05) is 15.9 Å². The number of hydrogen-bond donors (Lipinski definition) is 0. The molecule has 1 saturated heterocycles. The fourth-order valence-electron chi connectivity index (χ4n) is 8.36. The summed E-state index contributed by atoms with van der Waals surface area (Å²) in [4.78, 5) is 63.9. The molecular weight excluding hydrogens is 540 g/mol. The van der Waals surface area contributed by atoms with Crippen LogP contribution in [0.25, 0.3) is 0 Å². The molecule has 1 aliphatic heterocycles. The number of hydrogen-bond acceptors (Lipinski definition) is 10. The van der Waals surface area contributed by atoms with Gasteiger partial charge in [-0.05, 0) is 50.2 Å². The Kier molecular flexibility index (Phi) is 5.55. The highest BCUT2D eigenvalue weighted by Crippen LogP contribution is 2.79. The van der Waals surface area contributed by atoms with Crippen LogP contribution in [-0.2, 0) is 47.7 Å². The molecular formula is C25H29BrO10. The third-order valence-electron chi connectivity index (χ3n) is 9.34. The summed E-state index contributed by atoms with van der Waals surface area (Å²) in [5.41, 5.74) is -4.62. The van der Waals surface area contributed by atoms with Crippen LogP contribution in [-0.4, -0.2) is 65.7 Å². The van der Waals surface area contributed by atoms with Gasteiger partial charge in [0.15, 0.2) is 6.79 Å². The number of methoxy groups -OCH3 is 1. The van der Waals surface area contributed by atoms with Gasteiger partial charge in [0.1, 0.15) is 33.3 Å². The van der Waals surface area contributed by atoms with Gasteiger partial charge in [-0.3, -0.25) is 19.2 Å². The number of rotatable bonds is 6. The van der Waals surface area contributed by atoms with Crippen LogP contribution in [0.5, 0.6) is 0 Å². The lowest BCUT2D eigenvalue weighted by Crippen LogP contribution is -2.52. The Bertz CT molecular complexity index is 1090. The third-order valence-corrected chi connectivity index (χ3v) is 10.5. The fraction of sp³-hybridized carbons (Fsp3) is 0.720. The molecule has 4 fully saturated rings. The van der Waals surface area contributed by atoms with Gasteiger partial charge in [-0.2, -0.15) is 0 Å². The molecule has 5 rings (SSSR count). The second kappa shape index (κ2) is 7.86. The minimum Gasteiger partial charge on any atom is -0.457 e. The molecule has 4 aliphatic carbocycles. The molecule has 0 aromatic heterocycles. The molecule has 1 heterocycles. The van der Waals surface area contributed by atoms with Crippen LogP contribution in [0.2, 0.25) is 0 Å². The Balaban J connectivity index is 1.71. The number of carbonyl (C=O) groups is 5. The van der Waals surface area contributed by atoms with Crippen molar-refractivity contribution in [2.24, 2.45) is 28.6 Å². The number of ether oxygens (including phenoxy) is 5. The maximum absolute atomic E-state index is 13.8. The molecule has 3 saturated carbocycles. The highest BCUT2D eigenvalue weighted by Gasteiger charge is 2.86. The summed E-state index contributed by atoms with van der Waals surface area (Å²) in [5.74, 6) is -4.28. The number of fused-ring (bicyclic) bond motifs is 1. The second-order valence-corrected chi connectivity index (χ2v) is 12.4. The van der Waals surface area contributed by atoms with E-state index < -0.39 is 68.2 Å². The molecule has 11 heteroatoms. The van der Waals surface area contributed by atoms with Crippen LogP contribution in [0.15, 0.2) is 12.2 Å². The zero-order valence-corrected chi connectivity index (χ0v) is 22.1. The Hall–Kier alpha value is -2.27. The smallest absolute Gasteiger partial charge is 0.317 e. The number of carbonyl (C=O) groups excluding carboxylic acids is 5. The van der Waals surface area contributed by atoms with Crippen LogP contribution in [0.4, 0.5) is 0 Å². The van der Waals surface area contributed by atoms with Gasteiger partial charge in [0, 0.05) is 32.8 Å². The van der Waals surface area contributed by atoms with E-state index in [2.05, 4.69) is 15.9 Å². The van der Waals surface area contributed by atoms with Crippen molar-refractivity contribution in [1.29, 1.82) is 0 Å². The van der Waals surface area contributed by atoms with Gasteiger partial charge in [0.2, 0.25) is 0 Å². The highest BCUT2D eigenvalue weighted by atomic mass is 79.9. The van der Waals surface area contributed by atoms with Gasteiger partial charge in [0.05, 0.1) is 5.92 Å². The van der Waals surface area contributed by atoms with Crippen molar-refractivity contribution in [2.45, 2.75) is 68.1 Å². The molecule has 9 atom stereocenters. The highest BCUT2D eigenvalue weighted by molar-refractivity contribution is 9.10. The number of halogens is 1. The van der Waals surface area contributed by atoms with Crippen LogP contribution in [0.1, 0.15) is 46.5 Å². The molecule has 1 spiro atoms. The standard InChI is InChI=1S/C25H29BrO10/c1-13(28)34-16-6-8-25-15-5-7-24(35-14(2)29)10-22(15,9-23(24,26)11-27)17(19(30)33-12-32-4)18(25)21(16,3)20(31)36-25/h6,8,11,15-18H,5,7,9-10,12H2,1-4H3/t15-,16+,17-,18-,21-,22+,23+,24+,25-/m1/s1. The number of alkyl halides is 1. The van der Waals surface area contributed by atoms with Crippen molar-refractivity contribution >= 4 is 46.1 Å². The van der Waals surface area contributed by atoms with Crippen molar-refractivity contribution in [1.82, 2.24) is 0 Å². The molecule has 196 valence electrons. The third kappa shape index (κ3) is 2.90. The zero-order chi connectivity index (χ0) is 26.3. The van der Waals surface area contributed by atoms with Crippen LogP contribution < -0.4 is 0 Å². The predicted octanol–water partition coefficient (Wildman–Crippen LogP) is 2.01. The summed E-state index contributed by atoms with van der Waals surface area (Å²) in [6.07, 6.45) is 4.37. The average Bonchev–Trinajstić information content (AvgIpc) is 3.21. The van der Waals surface area contributed by atoms with Gasteiger partial charge < -0.3 is 28.5 Å². The van der Waals surface area contributed by atoms with Crippen molar-refractivity contribution in [3.05, 3.63) is 12.2 Å². The minimum atomic E-state index is -1.37. The fourth-order valence-corrected chi connectivity index (χ4v) is 9.30. The second-order valence-electron chi connectivity index (χ2n) is 11.0. The lowest BCUT2D eigenvalue weighted by Gasteiger charge is -2.46. The molecule has 0 unspecified atom stereocenters. The molecule has 4 bridgehead atoms. The maximum atomic E-state index is 13.8.